The van der Waals surface area contributed by atoms with Crippen LogP contribution in [-0.4, -0.2) is 9.55 Å². The maximum Gasteiger partial charge on any atom is 0.416 e. The van der Waals surface area contributed by atoms with Crippen LogP contribution >= 0.6 is 0 Å². The lowest BCUT2D eigenvalue weighted by Crippen LogP contribution is -2.19. The summed E-state index contributed by atoms with van der Waals surface area (Å²) >= 11 is 0. The number of aryl methyl sites for hydroxylation is 1. The molecule has 0 saturated heterocycles. The molecule has 23 heavy (non-hydrogen) atoms. The summed E-state index contributed by atoms with van der Waals surface area (Å²) in [5.74, 6) is 0.688. The maximum atomic E-state index is 12.7. The molecule has 0 aliphatic carbocycles. The van der Waals surface area contributed by atoms with E-state index >= 15 is 0 Å². The van der Waals surface area contributed by atoms with Gasteiger partial charge in [0.25, 0.3) is 0 Å². The predicted molar refractivity (Wildman–Crippen MR) is 81.7 cm³/mol. The van der Waals surface area contributed by atoms with E-state index in [9.17, 15) is 13.2 Å². The third kappa shape index (κ3) is 2.21. The Kier molecular flexibility index (Phi) is 2.99. The molecule has 1 unspecified atom stereocenters. The molecule has 1 aliphatic rings. The summed E-state index contributed by atoms with van der Waals surface area (Å²) in [7, 11) is 0. The molecule has 2 N–H and O–H groups in total. The van der Waals surface area contributed by atoms with E-state index in [0.29, 0.717) is 17.9 Å². The van der Waals surface area contributed by atoms with Gasteiger partial charge in [-0.3, -0.25) is 0 Å². The van der Waals surface area contributed by atoms with Gasteiger partial charge in [-0.15, -0.1) is 0 Å². The molecule has 118 valence electrons. The number of hydrogen-bond donors (Lipinski definition) is 1. The van der Waals surface area contributed by atoms with E-state index in [-0.39, 0.29) is 6.04 Å². The Morgan fingerprint density at radius 2 is 1.83 bits per heavy atom. The van der Waals surface area contributed by atoms with E-state index in [1.165, 1.54) is 12.1 Å². The Morgan fingerprint density at radius 1 is 1.09 bits per heavy atom. The summed E-state index contributed by atoms with van der Waals surface area (Å²) in [4.78, 5) is 4.61. The third-order valence-electron chi connectivity index (χ3n) is 4.33. The minimum atomic E-state index is -4.33. The van der Waals surface area contributed by atoms with Crippen LogP contribution in [0.5, 0.6) is 0 Å². The molecule has 0 bridgehead atoms. The first-order valence-electron chi connectivity index (χ1n) is 7.37. The van der Waals surface area contributed by atoms with E-state index in [2.05, 4.69) is 9.55 Å². The number of rotatable bonds is 1. The number of nitrogens with zero attached hydrogens (tertiary/aromatic N) is 2. The zero-order valence-corrected chi connectivity index (χ0v) is 12.1. The molecule has 0 radical (unpaired) electrons. The normalized spacial score (nSPS) is 17.7. The van der Waals surface area contributed by atoms with Crippen LogP contribution in [0.15, 0.2) is 42.5 Å². The van der Waals surface area contributed by atoms with Crippen LogP contribution in [0, 0.1) is 0 Å². The Labute approximate surface area is 130 Å². The van der Waals surface area contributed by atoms with Gasteiger partial charge in [0.05, 0.1) is 16.6 Å². The van der Waals surface area contributed by atoms with Crippen molar-refractivity contribution >= 4 is 11.0 Å². The summed E-state index contributed by atoms with van der Waals surface area (Å²) in [6.45, 7) is 0.713. The molecule has 0 saturated carbocycles. The van der Waals surface area contributed by atoms with Crippen LogP contribution in [0.25, 0.3) is 22.4 Å². The van der Waals surface area contributed by atoms with Crippen LogP contribution < -0.4 is 5.73 Å². The summed E-state index contributed by atoms with van der Waals surface area (Å²) in [6.07, 6.45) is -3.54. The Bertz CT molecular complexity index is 878. The van der Waals surface area contributed by atoms with Gasteiger partial charge in [-0.1, -0.05) is 24.3 Å². The van der Waals surface area contributed by atoms with Crippen molar-refractivity contribution in [3.63, 3.8) is 0 Å². The number of benzene rings is 2. The summed E-state index contributed by atoms with van der Waals surface area (Å²) in [5.41, 5.74) is 9.03. The van der Waals surface area contributed by atoms with E-state index in [0.717, 1.165) is 35.2 Å². The second-order valence-electron chi connectivity index (χ2n) is 5.77. The number of halogens is 3. The van der Waals surface area contributed by atoms with Crippen molar-refractivity contribution in [1.29, 1.82) is 0 Å². The molecule has 1 aliphatic heterocycles. The fourth-order valence-electron chi connectivity index (χ4n) is 3.18. The first kappa shape index (κ1) is 14.3. The molecule has 2 heterocycles. The van der Waals surface area contributed by atoms with Gasteiger partial charge in [0, 0.05) is 18.2 Å². The standard InChI is InChI=1S/C17H14F3N3/c18-17(19,20)11-6-4-10(5-7-11)16-22-14-3-1-2-12-13(21)8-9-23(16)15(12)14/h1-7,13H,8-9,21H2. The van der Waals surface area contributed by atoms with Crippen molar-refractivity contribution in [3.8, 4) is 11.4 Å². The Hall–Kier alpha value is -2.34. The van der Waals surface area contributed by atoms with Gasteiger partial charge in [-0.2, -0.15) is 13.2 Å². The first-order valence-corrected chi connectivity index (χ1v) is 7.37. The van der Waals surface area contributed by atoms with Crippen LogP contribution in [0.2, 0.25) is 0 Å². The lowest BCUT2D eigenvalue weighted by atomic mass is 9.99. The summed E-state index contributed by atoms with van der Waals surface area (Å²) in [6, 6.07) is 10.9. The highest BCUT2D eigenvalue weighted by molar-refractivity contribution is 5.84. The average Bonchev–Trinajstić information content (AvgIpc) is 2.90. The lowest BCUT2D eigenvalue weighted by molar-refractivity contribution is -0.137. The zero-order chi connectivity index (χ0) is 16.2. The molecule has 3 nitrogen and oxygen atoms in total. The summed E-state index contributed by atoms with van der Waals surface area (Å²) < 4.78 is 40.2. The number of nitrogens with two attached hydrogens (primary N) is 1. The van der Waals surface area contributed by atoms with Gasteiger partial charge >= 0.3 is 6.18 Å². The fraction of sp³-hybridized carbons (Fsp3) is 0.235. The molecule has 1 aromatic heterocycles. The molecule has 0 amide bonds. The molecule has 0 fully saturated rings. The van der Waals surface area contributed by atoms with Crippen LogP contribution in [0.3, 0.4) is 0 Å². The molecule has 0 spiro atoms. The Morgan fingerprint density at radius 3 is 2.52 bits per heavy atom. The lowest BCUT2D eigenvalue weighted by Gasteiger charge is -2.22. The molecule has 6 heteroatoms. The summed E-state index contributed by atoms with van der Waals surface area (Å²) in [5, 5.41) is 0. The van der Waals surface area contributed by atoms with Gasteiger partial charge < -0.3 is 10.3 Å². The second-order valence-corrected chi connectivity index (χ2v) is 5.77. The van der Waals surface area contributed by atoms with Crippen LogP contribution in [0.4, 0.5) is 13.2 Å². The highest BCUT2D eigenvalue weighted by Gasteiger charge is 2.30. The molecule has 3 aromatic rings. The maximum absolute atomic E-state index is 12.7. The van der Waals surface area contributed by atoms with Crippen molar-refractivity contribution in [3.05, 3.63) is 53.6 Å². The van der Waals surface area contributed by atoms with Gasteiger partial charge in [0.2, 0.25) is 0 Å². The van der Waals surface area contributed by atoms with E-state index in [4.69, 9.17) is 5.73 Å². The van der Waals surface area contributed by atoms with Crippen molar-refractivity contribution in [2.24, 2.45) is 5.73 Å². The van der Waals surface area contributed by atoms with Crippen molar-refractivity contribution in [1.82, 2.24) is 9.55 Å². The zero-order valence-electron chi connectivity index (χ0n) is 12.1. The largest absolute Gasteiger partial charge is 0.416 e. The number of imidazole rings is 1. The predicted octanol–water partition coefficient (Wildman–Crippen LogP) is 4.13. The Balaban J connectivity index is 1.88. The van der Waals surface area contributed by atoms with Crippen LogP contribution in [-0.2, 0) is 12.7 Å². The first-order chi connectivity index (χ1) is 10.9. The smallest absolute Gasteiger partial charge is 0.324 e. The number of aromatic nitrogens is 2. The fourth-order valence-corrected chi connectivity index (χ4v) is 3.18. The molecular weight excluding hydrogens is 303 g/mol. The number of para-hydroxylation sites is 1. The minimum absolute atomic E-state index is 0.0247. The van der Waals surface area contributed by atoms with E-state index in [1.54, 1.807) is 0 Å². The van der Waals surface area contributed by atoms with Gasteiger partial charge in [0.15, 0.2) is 0 Å². The number of alkyl halides is 3. The topological polar surface area (TPSA) is 43.8 Å². The monoisotopic (exact) mass is 317 g/mol. The molecule has 1 atom stereocenters. The minimum Gasteiger partial charge on any atom is -0.324 e. The van der Waals surface area contributed by atoms with Gasteiger partial charge in [-0.25, -0.2) is 4.98 Å². The second kappa shape index (κ2) is 4.83. The quantitative estimate of drug-likeness (QED) is 0.733. The van der Waals surface area contributed by atoms with Gasteiger partial charge in [0.1, 0.15) is 5.82 Å². The van der Waals surface area contributed by atoms with Crippen LogP contribution in [0.1, 0.15) is 23.6 Å². The van der Waals surface area contributed by atoms with Gasteiger partial charge in [-0.05, 0) is 30.2 Å². The van der Waals surface area contributed by atoms with E-state index in [1.807, 2.05) is 18.2 Å². The molecular formula is C17H14F3N3. The highest BCUT2D eigenvalue weighted by atomic mass is 19.4. The number of hydrogen-bond acceptors (Lipinski definition) is 2. The van der Waals surface area contributed by atoms with Crippen molar-refractivity contribution in [2.75, 3.05) is 0 Å². The van der Waals surface area contributed by atoms with Crippen molar-refractivity contribution in [2.45, 2.75) is 25.2 Å². The highest BCUT2D eigenvalue weighted by Crippen LogP contribution is 2.35. The third-order valence-corrected chi connectivity index (χ3v) is 4.33. The van der Waals surface area contributed by atoms with E-state index < -0.39 is 11.7 Å². The van der Waals surface area contributed by atoms with Crippen molar-refractivity contribution < 1.29 is 13.2 Å². The molecule has 2 aromatic carbocycles. The molecule has 4 rings (SSSR count). The average molecular weight is 317 g/mol. The SMILES string of the molecule is NC1CCn2c(-c3ccc(C(F)(F)F)cc3)nc3cccc1c32.